The van der Waals surface area contributed by atoms with Crippen LogP contribution in [0.2, 0.25) is 0 Å². The minimum atomic E-state index is 0.310. The lowest BCUT2D eigenvalue weighted by Gasteiger charge is -2.28. The highest BCUT2D eigenvalue weighted by molar-refractivity contribution is 5.77. The lowest BCUT2D eigenvalue weighted by molar-refractivity contribution is -0.134. The average molecular weight is 338 g/mol. The van der Waals surface area contributed by atoms with E-state index in [0.717, 1.165) is 56.7 Å². The second-order valence-electron chi connectivity index (χ2n) is 7.23. The number of fused-ring (bicyclic) bond motifs is 3. The number of carbonyl (C=O) groups excluding carboxylic acids is 1. The van der Waals surface area contributed by atoms with Crippen molar-refractivity contribution in [3.8, 4) is 0 Å². The highest BCUT2D eigenvalue weighted by Gasteiger charge is 2.40. The summed E-state index contributed by atoms with van der Waals surface area (Å²) in [5.41, 5.74) is 1.31. The van der Waals surface area contributed by atoms with Crippen LogP contribution in [0.15, 0.2) is 30.3 Å². The minimum Gasteiger partial charge on any atom is -0.334 e. The van der Waals surface area contributed by atoms with Crippen molar-refractivity contribution in [3.63, 3.8) is 0 Å². The standard InChI is InChI=1S/C20H26N4O/c1-2-18-21-22-19-13-16-11-12-17(14-23(18)19)24(16)20(25)10-6-9-15-7-4-3-5-8-15/h3-5,7-8,16-17H,2,6,9-14H2,1H3. The van der Waals surface area contributed by atoms with E-state index < -0.39 is 0 Å². The molecule has 4 rings (SSSR count). The van der Waals surface area contributed by atoms with E-state index in [1.54, 1.807) is 0 Å². The largest absolute Gasteiger partial charge is 0.334 e. The van der Waals surface area contributed by atoms with E-state index in [9.17, 15) is 4.79 Å². The molecule has 1 saturated heterocycles. The molecule has 0 saturated carbocycles. The van der Waals surface area contributed by atoms with Crippen LogP contribution in [0.5, 0.6) is 0 Å². The zero-order valence-corrected chi connectivity index (χ0v) is 14.9. The molecule has 2 bridgehead atoms. The first-order valence-corrected chi connectivity index (χ1v) is 9.52. The van der Waals surface area contributed by atoms with Crippen LogP contribution >= 0.6 is 0 Å². The molecule has 1 aromatic heterocycles. The number of benzene rings is 1. The Kier molecular flexibility index (Phi) is 4.55. The molecule has 2 aliphatic rings. The molecule has 2 unspecified atom stereocenters. The number of hydrogen-bond acceptors (Lipinski definition) is 3. The van der Waals surface area contributed by atoms with Crippen LogP contribution in [-0.2, 0) is 30.6 Å². The first kappa shape index (κ1) is 16.3. The van der Waals surface area contributed by atoms with Gasteiger partial charge in [-0.15, -0.1) is 10.2 Å². The monoisotopic (exact) mass is 338 g/mol. The minimum absolute atomic E-state index is 0.310. The van der Waals surface area contributed by atoms with Gasteiger partial charge in [0.05, 0.1) is 6.04 Å². The van der Waals surface area contributed by atoms with Gasteiger partial charge in [0.2, 0.25) is 5.91 Å². The smallest absolute Gasteiger partial charge is 0.223 e. The number of aryl methyl sites for hydroxylation is 2. The van der Waals surface area contributed by atoms with Crippen LogP contribution in [0, 0.1) is 0 Å². The summed E-state index contributed by atoms with van der Waals surface area (Å²) in [5.74, 6) is 2.44. The number of amides is 1. The Balaban J connectivity index is 1.41. The number of rotatable bonds is 5. The van der Waals surface area contributed by atoms with Crippen molar-refractivity contribution < 1.29 is 4.79 Å². The molecule has 1 aromatic carbocycles. The molecule has 0 radical (unpaired) electrons. The van der Waals surface area contributed by atoms with Gasteiger partial charge >= 0.3 is 0 Å². The van der Waals surface area contributed by atoms with Gasteiger partial charge in [-0.05, 0) is 31.2 Å². The van der Waals surface area contributed by atoms with E-state index in [1.165, 1.54) is 5.56 Å². The third-order valence-electron chi connectivity index (χ3n) is 5.64. The van der Waals surface area contributed by atoms with Gasteiger partial charge < -0.3 is 9.47 Å². The summed E-state index contributed by atoms with van der Waals surface area (Å²) in [7, 11) is 0. The maximum Gasteiger partial charge on any atom is 0.223 e. The summed E-state index contributed by atoms with van der Waals surface area (Å²) >= 11 is 0. The third kappa shape index (κ3) is 3.20. The predicted molar refractivity (Wildman–Crippen MR) is 96.1 cm³/mol. The molecule has 25 heavy (non-hydrogen) atoms. The summed E-state index contributed by atoms with van der Waals surface area (Å²) in [6.45, 7) is 2.99. The average Bonchev–Trinajstić information content (AvgIpc) is 3.15. The summed E-state index contributed by atoms with van der Waals surface area (Å²) < 4.78 is 2.26. The molecular formula is C20H26N4O. The molecule has 3 heterocycles. The summed E-state index contributed by atoms with van der Waals surface area (Å²) in [4.78, 5) is 15.1. The number of nitrogens with zero attached hydrogens (tertiary/aromatic N) is 4. The van der Waals surface area contributed by atoms with E-state index in [2.05, 4.69) is 50.9 Å². The molecule has 1 amide bonds. The van der Waals surface area contributed by atoms with Gasteiger partial charge in [0.1, 0.15) is 11.6 Å². The van der Waals surface area contributed by atoms with Crippen LogP contribution in [0.4, 0.5) is 0 Å². The molecule has 2 aliphatic heterocycles. The second-order valence-corrected chi connectivity index (χ2v) is 7.23. The molecule has 1 fully saturated rings. The number of carbonyl (C=O) groups is 1. The second kappa shape index (κ2) is 6.98. The maximum atomic E-state index is 12.9. The Morgan fingerprint density at radius 3 is 2.76 bits per heavy atom. The summed E-state index contributed by atoms with van der Waals surface area (Å²) in [6.07, 6.45) is 6.50. The van der Waals surface area contributed by atoms with Gasteiger partial charge in [-0.1, -0.05) is 37.3 Å². The van der Waals surface area contributed by atoms with Gasteiger partial charge in [-0.2, -0.15) is 0 Å². The highest BCUT2D eigenvalue weighted by atomic mass is 16.2. The SMILES string of the molecule is CCc1nnc2n1CC1CCC(C2)N1C(=O)CCCc1ccccc1. The fourth-order valence-corrected chi connectivity index (χ4v) is 4.38. The Hall–Kier alpha value is -2.17. The van der Waals surface area contributed by atoms with Crippen molar-refractivity contribution >= 4 is 5.91 Å². The molecule has 5 nitrogen and oxygen atoms in total. The Morgan fingerprint density at radius 1 is 1.16 bits per heavy atom. The van der Waals surface area contributed by atoms with Crippen LogP contribution in [0.25, 0.3) is 0 Å². The zero-order valence-electron chi connectivity index (χ0n) is 14.9. The number of aromatic nitrogens is 3. The van der Waals surface area contributed by atoms with Crippen molar-refractivity contribution in [1.29, 1.82) is 0 Å². The van der Waals surface area contributed by atoms with E-state index in [4.69, 9.17) is 0 Å². The van der Waals surface area contributed by atoms with Crippen LogP contribution in [0.3, 0.4) is 0 Å². The first-order valence-electron chi connectivity index (χ1n) is 9.52. The fraction of sp³-hybridized carbons (Fsp3) is 0.550. The van der Waals surface area contributed by atoms with Crippen molar-refractivity contribution in [2.45, 2.75) is 70.5 Å². The van der Waals surface area contributed by atoms with Gasteiger partial charge in [-0.25, -0.2) is 0 Å². The highest BCUT2D eigenvalue weighted by Crippen LogP contribution is 2.32. The Morgan fingerprint density at radius 2 is 1.96 bits per heavy atom. The van der Waals surface area contributed by atoms with Gasteiger partial charge in [-0.3, -0.25) is 4.79 Å². The van der Waals surface area contributed by atoms with E-state index in [0.29, 0.717) is 24.4 Å². The van der Waals surface area contributed by atoms with Crippen molar-refractivity contribution in [2.75, 3.05) is 0 Å². The van der Waals surface area contributed by atoms with E-state index in [1.807, 2.05) is 6.07 Å². The third-order valence-corrected chi connectivity index (χ3v) is 5.64. The topological polar surface area (TPSA) is 51.0 Å². The zero-order chi connectivity index (χ0) is 17.2. The van der Waals surface area contributed by atoms with Gasteiger partial charge in [0.15, 0.2) is 0 Å². The molecule has 2 atom stereocenters. The van der Waals surface area contributed by atoms with Crippen molar-refractivity contribution in [1.82, 2.24) is 19.7 Å². The molecule has 5 heteroatoms. The van der Waals surface area contributed by atoms with Crippen LogP contribution in [0.1, 0.15) is 49.8 Å². The van der Waals surface area contributed by atoms with Crippen molar-refractivity contribution in [2.24, 2.45) is 0 Å². The Labute approximate surface area is 149 Å². The maximum absolute atomic E-state index is 12.9. The summed E-state index contributed by atoms with van der Waals surface area (Å²) in [6, 6.07) is 11.1. The lowest BCUT2D eigenvalue weighted by Crippen LogP contribution is -2.42. The van der Waals surface area contributed by atoms with Gasteiger partial charge in [0, 0.05) is 31.8 Å². The molecule has 0 spiro atoms. The summed E-state index contributed by atoms with van der Waals surface area (Å²) in [5, 5.41) is 8.69. The van der Waals surface area contributed by atoms with E-state index in [-0.39, 0.29) is 0 Å². The van der Waals surface area contributed by atoms with Crippen molar-refractivity contribution in [3.05, 3.63) is 47.5 Å². The molecule has 0 aliphatic carbocycles. The Bertz CT molecular complexity index is 739. The van der Waals surface area contributed by atoms with Crippen LogP contribution < -0.4 is 0 Å². The first-order chi connectivity index (χ1) is 12.3. The molecule has 0 N–H and O–H groups in total. The molecule has 132 valence electrons. The predicted octanol–water partition coefficient (Wildman–Crippen LogP) is 2.78. The normalized spacial score (nSPS) is 21.9. The van der Waals surface area contributed by atoms with Crippen LogP contribution in [-0.4, -0.2) is 37.7 Å². The molecular weight excluding hydrogens is 312 g/mol. The van der Waals surface area contributed by atoms with E-state index >= 15 is 0 Å². The quantitative estimate of drug-likeness (QED) is 0.842. The lowest BCUT2D eigenvalue weighted by atomic mass is 10.1. The fourth-order valence-electron chi connectivity index (χ4n) is 4.38. The molecule has 2 aromatic rings. The number of hydrogen-bond donors (Lipinski definition) is 0. The van der Waals surface area contributed by atoms with Gasteiger partial charge in [0.25, 0.3) is 0 Å².